The second-order valence-electron chi connectivity index (χ2n) is 4.13. The molecule has 1 amide bonds. The molecule has 2 N–H and O–H groups in total. The van der Waals surface area contributed by atoms with Crippen LogP contribution in [0, 0.1) is 5.82 Å². The van der Waals surface area contributed by atoms with Gasteiger partial charge < -0.3 is 5.73 Å². The minimum atomic E-state index is -0.552. The van der Waals surface area contributed by atoms with Crippen molar-refractivity contribution in [3.05, 3.63) is 69.9 Å². The molecule has 0 atom stereocenters. The summed E-state index contributed by atoms with van der Waals surface area (Å²) in [5.74, 6) is -0.903. The van der Waals surface area contributed by atoms with E-state index in [2.05, 4.69) is 10.0 Å². The highest BCUT2D eigenvalue weighted by Gasteiger charge is 2.09. The van der Waals surface area contributed by atoms with Crippen LogP contribution in [0.3, 0.4) is 0 Å². The number of primary amides is 1. The Bertz CT molecular complexity index is 691. The molecule has 2 aromatic carbocycles. The van der Waals surface area contributed by atoms with E-state index >= 15 is 0 Å². The van der Waals surface area contributed by atoms with E-state index in [0.29, 0.717) is 11.1 Å². The first-order chi connectivity index (χ1) is 9.61. The second kappa shape index (κ2) is 5.86. The molecule has 2 rings (SSSR count). The van der Waals surface area contributed by atoms with Gasteiger partial charge in [-0.05, 0) is 46.5 Å². The quantitative estimate of drug-likeness (QED) is 0.514. The maximum atomic E-state index is 13.0. The SMILES string of the molecule is [N-]=[N+]=NCc1ccc(C(N)=O)cc1-c1ccc(F)cc1. The Morgan fingerprint density at radius 1 is 1.25 bits per heavy atom. The van der Waals surface area contributed by atoms with Crippen LogP contribution in [0.25, 0.3) is 21.6 Å². The van der Waals surface area contributed by atoms with Crippen molar-refractivity contribution >= 4 is 5.91 Å². The van der Waals surface area contributed by atoms with E-state index in [4.69, 9.17) is 11.3 Å². The van der Waals surface area contributed by atoms with Crippen molar-refractivity contribution in [2.75, 3.05) is 0 Å². The predicted octanol–water partition coefficient (Wildman–Crippen LogP) is 3.40. The molecule has 0 aromatic heterocycles. The number of nitrogens with zero attached hydrogens (tertiary/aromatic N) is 3. The number of benzene rings is 2. The molecule has 0 bridgehead atoms. The van der Waals surface area contributed by atoms with Crippen LogP contribution >= 0.6 is 0 Å². The normalized spacial score (nSPS) is 9.85. The Morgan fingerprint density at radius 2 is 1.95 bits per heavy atom. The Kier molecular flexibility index (Phi) is 3.98. The van der Waals surface area contributed by atoms with Crippen molar-refractivity contribution in [3.8, 4) is 11.1 Å². The fraction of sp³-hybridized carbons (Fsp3) is 0.0714. The Labute approximate surface area is 114 Å². The summed E-state index contributed by atoms with van der Waals surface area (Å²) in [6.45, 7) is 0.141. The molecule has 0 aliphatic heterocycles. The molecular formula is C14H11FN4O. The number of halogens is 1. The first-order valence-corrected chi connectivity index (χ1v) is 5.81. The van der Waals surface area contributed by atoms with Crippen molar-refractivity contribution < 1.29 is 9.18 Å². The molecule has 20 heavy (non-hydrogen) atoms. The van der Waals surface area contributed by atoms with Gasteiger partial charge in [-0.25, -0.2) is 4.39 Å². The van der Waals surface area contributed by atoms with Crippen LogP contribution < -0.4 is 5.73 Å². The molecule has 0 radical (unpaired) electrons. The fourth-order valence-corrected chi connectivity index (χ4v) is 1.87. The summed E-state index contributed by atoms with van der Waals surface area (Å²) in [4.78, 5) is 14.0. The van der Waals surface area contributed by atoms with E-state index in [0.717, 1.165) is 11.1 Å². The Balaban J connectivity index is 2.56. The van der Waals surface area contributed by atoms with Gasteiger partial charge in [0.2, 0.25) is 5.91 Å². The number of rotatable bonds is 4. The summed E-state index contributed by atoms with van der Waals surface area (Å²) in [5.41, 5.74) is 16.1. The molecule has 6 heteroatoms. The zero-order chi connectivity index (χ0) is 14.5. The third-order valence-electron chi connectivity index (χ3n) is 2.85. The number of hydrogen-bond acceptors (Lipinski definition) is 2. The van der Waals surface area contributed by atoms with E-state index in [1.807, 2.05) is 0 Å². The second-order valence-corrected chi connectivity index (χ2v) is 4.13. The first kappa shape index (κ1) is 13.6. The van der Waals surface area contributed by atoms with Crippen LogP contribution in [0.2, 0.25) is 0 Å². The number of carbonyl (C=O) groups is 1. The highest BCUT2D eigenvalue weighted by molar-refractivity contribution is 5.94. The topological polar surface area (TPSA) is 91.8 Å². The lowest BCUT2D eigenvalue weighted by molar-refractivity contribution is 0.100. The fourth-order valence-electron chi connectivity index (χ4n) is 1.87. The number of hydrogen-bond donors (Lipinski definition) is 1. The van der Waals surface area contributed by atoms with E-state index in [9.17, 15) is 9.18 Å². The molecule has 0 heterocycles. The van der Waals surface area contributed by atoms with Crippen LogP contribution in [0.1, 0.15) is 15.9 Å². The Morgan fingerprint density at radius 3 is 2.55 bits per heavy atom. The van der Waals surface area contributed by atoms with Crippen LogP contribution in [0.5, 0.6) is 0 Å². The van der Waals surface area contributed by atoms with Crippen molar-refractivity contribution in [2.45, 2.75) is 6.54 Å². The third kappa shape index (κ3) is 2.93. The molecular weight excluding hydrogens is 259 g/mol. The van der Waals surface area contributed by atoms with E-state index in [1.54, 1.807) is 30.3 Å². The average Bonchev–Trinajstić information content (AvgIpc) is 2.45. The summed E-state index contributed by atoms with van der Waals surface area (Å²) in [5, 5.41) is 3.51. The summed E-state index contributed by atoms with van der Waals surface area (Å²) in [6.07, 6.45) is 0. The highest BCUT2D eigenvalue weighted by Crippen LogP contribution is 2.26. The van der Waals surface area contributed by atoms with Gasteiger partial charge in [-0.3, -0.25) is 4.79 Å². The summed E-state index contributed by atoms with van der Waals surface area (Å²) in [7, 11) is 0. The minimum absolute atomic E-state index is 0.141. The molecule has 0 saturated carbocycles. The zero-order valence-electron chi connectivity index (χ0n) is 10.5. The number of azide groups is 1. The van der Waals surface area contributed by atoms with Crippen LogP contribution in [-0.4, -0.2) is 5.91 Å². The monoisotopic (exact) mass is 270 g/mol. The van der Waals surface area contributed by atoms with Gasteiger partial charge in [-0.1, -0.05) is 23.3 Å². The molecule has 0 aliphatic carbocycles. The largest absolute Gasteiger partial charge is 0.366 e. The van der Waals surface area contributed by atoms with Crippen LogP contribution in [0.4, 0.5) is 4.39 Å². The van der Waals surface area contributed by atoms with E-state index in [1.165, 1.54) is 12.1 Å². The zero-order valence-corrected chi connectivity index (χ0v) is 10.5. The Hall–Kier alpha value is -2.85. The smallest absolute Gasteiger partial charge is 0.248 e. The van der Waals surface area contributed by atoms with Gasteiger partial charge in [0, 0.05) is 10.5 Å². The maximum absolute atomic E-state index is 13.0. The van der Waals surface area contributed by atoms with Crippen LogP contribution in [-0.2, 0) is 6.54 Å². The van der Waals surface area contributed by atoms with Crippen molar-refractivity contribution in [1.29, 1.82) is 0 Å². The average molecular weight is 270 g/mol. The standard InChI is InChI=1S/C14H11FN4O/c15-12-5-3-9(4-6-12)13-7-10(14(16)20)1-2-11(13)8-18-19-17/h1-7H,8H2,(H2,16,20). The van der Waals surface area contributed by atoms with Crippen LogP contribution in [0.15, 0.2) is 47.6 Å². The molecule has 5 nitrogen and oxygen atoms in total. The lowest BCUT2D eigenvalue weighted by atomic mass is 9.97. The molecule has 0 spiro atoms. The summed E-state index contributed by atoms with van der Waals surface area (Å²) >= 11 is 0. The van der Waals surface area contributed by atoms with E-state index < -0.39 is 5.91 Å². The summed E-state index contributed by atoms with van der Waals surface area (Å²) < 4.78 is 13.0. The van der Waals surface area contributed by atoms with Gasteiger partial charge in [0.15, 0.2) is 0 Å². The predicted molar refractivity (Wildman–Crippen MR) is 73.2 cm³/mol. The lowest BCUT2D eigenvalue weighted by Crippen LogP contribution is -2.11. The van der Waals surface area contributed by atoms with Gasteiger partial charge in [0.05, 0.1) is 6.54 Å². The van der Waals surface area contributed by atoms with Gasteiger partial charge in [-0.2, -0.15) is 0 Å². The molecule has 100 valence electrons. The molecule has 0 fully saturated rings. The van der Waals surface area contributed by atoms with Gasteiger partial charge in [0.1, 0.15) is 5.82 Å². The summed E-state index contributed by atoms with van der Waals surface area (Å²) in [6, 6.07) is 10.7. The molecule has 0 aliphatic rings. The lowest BCUT2D eigenvalue weighted by Gasteiger charge is -2.09. The minimum Gasteiger partial charge on any atom is -0.366 e. The van der Waals surface area contributed by atoms with Gasteiger partial charge >= 0.3 is 0 Å². The third-order valence-corrected chi connectivity index (χ3v) is 2.85. The first-order valence-electron chi connectivity index (χ1n) is 5.81. The van der Waals surface area contributed by atoms with Gasteiger partial charge in [-0.15, -0.1) is 0 Å². The van der Waals surface area contributed by atoms with Crippen molar-refractivity contribution in [3.63, 3.8) is 0 Å². The van der Waals surface area contributed by atoms with Gasteiger partial charge in [0.25, 0.3) is 0 Å². The van der Waals surface area contributed by atoms with E-state index in [-0.39, 0.29) is 12.4 Å². The van der Waals surface area contributed by atoms with Crippen molar-refractivity contribution in [1.82, 2.24) is 0 Å². The molecule has 0 saturated heterocycles. The maximum Gasteiger partial charge on any atom is 0.248 e. The highest BCUT2D eigenvalue weighted by atomic mass is 19.1. The number of carbonyl (C=O) groups excluding carboxylic acids is 1. The number of amides is 1. The molecule has 0 unspecified atom stereocenters. The number of nitrogens with two attached hydrogens (primary N) is 1. The van der Waals surface area contributed by atoms with Crippen molar-refractivity contribution in [2.24, 2.45) is 10.8 Å². The molecule has 2 aromatic rings.